The standard InChI is InChI=1S/C16H16N2O5/c19-14-6-3-10-8-12(4-5-13(10)23-14)17-16(22)18-7-1-2-11(9-18)15(20)21/h3-6,8,11H,1-2,7,9H2,(H,17,22)(H,20,21). The highest BCUT2D eigenvalue weighted by molar-refractivity contribution is 5.92. The third-order valence-electron chi connectivity index (χ3n) is 3.93. The van der Waals surface area contributed by atoms with E-state index in [1.54, 1.807) is 24.3 Å². The number of benzene rings is 1. The van der Waals surface area contributed by atoms with Crippen molar-refractivity contribution in [2.24, 2.45) is 5.92 Å². The number of likely N-dealkylation sites (tertiary alicyclic amines) is 1. The second-order valence-electron chi connectivity index (χ2n) is 5.56. The number of rotatable bonds is 2. The van der Waals surface area contributed by atoms with E-state index in [0.717, 1.165) is 0 Å². The zero-order valence-corrected chi connectivity index (χ0v) is 12.3. The topological polar surface area (TPSA) is 99.8 Å². The minimum Gasteiger partial charge on any atom is -0.481 e. The number of urea groups is 1. The van der Waals surface area contributed by atoms with Crippen molar-refractivity contribution in [2.75, 3.05) is 18.4 Å². The van der Waals surface area contributed by atoms with Crippen molar-refractivity contribution in [3.8, 4) is 0 Å². The van der Waals surface area contributed by atoms with E-state index in [1.807, 2.05) is 0 Å². The fourth-order valence-electron chi connectivity index (χ4n) is 2.72. The Labute approximate surface area is 131 Å². The number of nitrogens with one attached hydrogen (secondary N) is 1. The lowest BCUT2D eigenvalue weighted by Gasteiger charge is -2.30. The summed E-state index contributed by atoms with van der Waals surface area (Å²) in [4.78, 5) is 36.0. The van der Waals surface area contributed by atoms with Crippen LogP contribution in [-0.2, 0) is 4.79 Å². The summed E-state index contributed by atoms with van der Waals surface area (Å²) in [5.74, 6) is -1.39. The van der Waals surface area contributed by atoms with E-state index in [-0.39, 0.29) is 12.6 Å². The highest BCUT2D eigenvalue weighted by Crippen LogP contribution is 2.20. The predicted molar refractivity (Wildman–Crippen MR) is 83.4 cm³/mol. The Balaban J connectivity index is 1.73. The van der Waals surface area contributed by atoms with Crippen LogP contribution in [0.5, 0.6) is 0 Å². The number of nitrogens with zero attached hydrogens (tertiary/aromatic N) is 1. The molecule has 0 radical (unpaired) electrons. The molecule has 7 nitrogen and oxygen atoms in total. The Kier molecular flexibility index (Phi) is 4.01. The van der Waals surface area contributed by atoms with Gasteiger partial charge in [-0.05, 0) is 37.1 Å². The number of aliphatic carboxylic acids is 1. The minimum atomic E-state index is -0.872. The van der Waals surface area contributed by atoms with Gasteiger partial charge in [0, 0.05) is 30.2 Å². The Morgan fingerprint density at radius 3 is 2.87 bits per heavy atom. The highest BCUT2D eigenvalue weighted by atomic mass is 16.4. The van der Waals surface area contributed by atoms with Crippen LogP contribution in [0.4, 0.5) is 10.5 Å². The molecule has 1 aliphatic heterocycles. The first-order valence-corrected chi connectivity index (χ1v) is 7.35. The average molecular weight is 316 g/mol. The normalized spacial score (nSPS) is 17.9. The molecule has 1 aromatic heterocycles. The lowest BCUT2D eigenvalue weighted by molar-refractivity contribution is -0.143. The van der Waals surface area contributed by atoms with E-state index in [9.17, 15) is 14.4 Å². The molecule has 1 fully saturated rings. The molecule has 0 bridgehead atoms. The molecule has 0 spiro atoms. The summed E-state index contributed by atoms with van der Waals surface area (Å²) in [5, 5.41) is 12.5. The molecule has 120 valence electrons. The number of carbonyl (C=O) groups excluding carboxylic acids is 1. The number of hydrogen-bond acceptors (Lipinski definition) is 4. The van der Waals surface area contributed by atoms with Crippen LogP contribution in [0.1, 0.15) is 12.8 Å². The van der Waals surface area contributed by atoms with E-state index in [2.05, 4.69) is 5.32 Å². The third kappa shape index (κ3) is 3.33. The van der Waals surface area contributed by atoms with Gasteiger partial charge in [-0.3, -0.25) is 4.79 Å². The molecule has 0 saturated carbocycles. The SMILES string of the molecule is O=C(O)C1CCCN(C(=O)Nc2ccc3oc(=O)ccc3c2)C1. The first kappa shape index (κ1) is 15.1. The van der Waals surface area contributed by atoms with Gasteiger partial charge in [0.1, 0.15) is 5.58 Å². The Bertz CT molecular complexity index is 813. The molecule has 1 aromatic carbocycles. The molecular weight excluding hydrogens is 300 g/mol. The van der Waals surface area contributed by atoms with Crippen LogP contribution < -0.4 is 10.9 Å². The third-order valence-corrected chi connectivity index (χ3v) is 3.93. The molecule has 1 unspecified atom stereocenters. The largest absolute Gasteiger partial charge is 0.481 e. The fourth-order valence-corrected chi connectivity index (χ4v) is 2.72. The van der Waals surface area contributed by atoms with Crippen molar-refractivity contribution >= 4 is 28.7 Å². The van der Waals surface area contributed by atoms with E-state index in [1.165, 1.54) is 11.0 Å². The van der Waals surface area contributed by atoms with Crippen molar-refractivity contribution in [1.29, 1.82) is 0 Å². The van der Waals surface area contributed by atoms with E-state index < -0.39 is 17.5 Å². The zero-order chi connectivity index (χ0) is 16.4. The van der Waals surface area contributed by atoms with Crippen molar-refractivity contribution < 1.29 is 19.1 Å². The van der Waals surface area contributed by atoms with Gasteiger partial charge in [-0.1, -0.05) is 0 Å². The van der Waals surface area contributed by atoms with Gasteiger partial charge in [-0.25, -0.2) is 9.59 Å². The molecular formula is C16H16N2O5. The fraction of sp³-hybridized carbons (Fsp3) is 0.312. The van der Waals surface area contributed by atoms with Gasteiger partial charge in [-0.2, -0.15) is 0 Å². The van der Waals surface area contributed by atoms with Gasteiger partial charge in [0.25, 0.3) is 0 Å². The van der Waals surface area contributed by atoms with Crippen LogP contribution in [0.25, 0.3) is 11.0 Å². The molecule has 2 aromatic rings. The average Bonchev–Trinajstić information content (AvgIpc) is 2.55. The maximum Gasteiger partial charge on any atom is 0.336 e. The predicted octanol–water partition coefficient (Wildman–Crippen LogP) is 2.12. The molecule has 2 N–H and O–H groups in total. The maximum absolute atomic E-state index is 12.3. The molecule has 7 heteroatoms. The maximum atomic E-state index is 12.3. The lowest BCUT2D eigenvalue weighted by atomic mass is 9.99. The van der Waals surface area contributed by atoms with Crippen LogP contribution >= 0.6 is 0 Å². The first-order chi connectivity index (χ1) is 11.0. The van der Waals surface area contributed by atoms with Crippen molar-refractivity contribution in [3.05, 3.63) is 40.8 Å². The van der Waals surface area contributed by atoms with Gasteiger partial charge in [0.2, 0.25) is 0 Å². The van der Waals surface area contributed by atoms with Gasteiger partial charge in [0.15, 0.2) is 0 Å². The number of hydrogen-bond donors (Lipinski definition) is 2. The number of carbonyl (C=O) groups is 2. The number of carboxylic acid groups (broad SMARTS) is 1. The van der Waals surface area contributed by atoms with Crippen LogP contribution in [-0.4, -0.2) is 35.1 Å². The molecule has 1 atom stereocenters. The summed E-state index contributed by atoms with van der Waals surface area (Å²) in [6.07, 6.45) is 1.27. The molecule has 2 heterocycles. The first-order valence-electron chi connectivity index (χ1n) is 7.35. The van der Waals surface area contributed by atoms with Crippen molar-refractivity contribution in [1.82, 2.24) is 4.90 Å². The van der Waals surface area contributed by atoms with E-state index in [0.29, 0.717) is 36.0 Å². The zero-order valence-electron chi connectivity index (χ0n) is 12.3. The van der Waals surface area contributed by atoms with Crippen molar-refractivity contribution in [2.45, 2.75) is 12.8 Å². The second kappa shape index (κ2) is 6.12. The molecule has 0 aliphatic carbocycles. The highest BCUT2D eigenvalue weighted by Gasteiger charge is 2.28. The summed E-state index contributed by atoms with van der Waals surface area (Å²) < 4.78 is 5.03. The van der Waals surface area contributed by atoms with Gasteiger partial charge >= 0.3 is 17.6 Å². The number of amides is 2. The molecule has 2 amide bonds. The minimum absolute atomic E-state index is 0.212. The summed E-state index contributed by atoms with van der Waals surface area (Å²) >= 11 is 0. The number of fused-ring (bicyclic) bond motifs is 1. The Hall–Kier alpha value is -2.83. The van der Waals surface area contributed by atoms with Gasteiger partial charge < -0.3 is 19.7 Å². The van der Waals surface area contributed by atoms with Crippen LogP contribution in [0, 0.1) is 5.92 Å². The second-order valence-corrected chi connectivity index (χ2v) is 5.56. The van der Waals surface area contributed by atoms with E-state index >= 15 is 0 Å². The number of carboxylic acids is 1. The molecule has 3 rings (SSSR count). The van der Waals surface area contributed by atoms with Crippen LogP contribution in [0.2, 0.25) is 0 Å². The quantitative estimate of drug-likeness (QED) is 0.827. The summed E-state index contributed by atoms with van der Waals surface area (Å²) in [7, 11) is 0. The summed E-state index contributed by atoms with van der Waals surface area (Å²) in [6, 6.07) is 7.57. The molecule has 1 aliphatic rings. The Morgan fingerprint density at radius 2 is 2.09 bits per heavy atom. The van der Waals surface area contributed by atoms with Crippen molar-refractivity contribution in [3.63, 3.8) is 0 Å². The number of anilines is 1. The molecule has 23 heavy (non-hydrogen) atoms. The van der Waals surface area contributed by atoms with E-state index in [4.69, 9.17) is 9.52 Å². The van der Waals surface area contributed by atoms with Crippen LogP contribution in [0.3, 0.4) is 0 Å². The smallest absolute Gasteiger partial charge is 0.336 e. The molecule has 1 saturated heterocycles. The van der Waals surface area contributed by atoms with Gasteiger partial charge in [0.05, 0.1) is 5.92 Å². The number of piperidine rings is 1. The summed E-state index contributed by atoms with van der Waals surface area (Å²) in [5.41, 5.74) is 0.579. The summed E-state index contributed by atoms with van der Waals surface area (Å²) in [6.45, 7) is 0.752. The monoisotopic (exact) mass is 316 g/mol. The van der Waals surface area contributed by atoms with Gasteiger partial charge in [-0.15, -0.1) is 0 Å². The lowest BCUT2D eigenvalue weighted by Crippen LogP contribution is -2.44. The van der Waals surface area contributed by atoms with Crippen LogP contribution in [0.15, 0.2) is 39.5 Å². The Morgan fingerprint density at radius 1 is 1.26 bits per heavy atom.